The summed E-state index contributed by atoms with van der Waals surface area (Å²) in [6, 6.07) is 8.66. The van der Waals surface area contributed by atoms with Gasteiger partial charge in [0.15, 0.2) is 0 Å². The highest BCUT2D eigenvalue weighted by molar-refractivity contribution is 5.23. The van der Waals surface area contributed by atoms with Crippen LogP contribution in [0.5, 0.6) is 0 Å². The zero-order valence-corrected chi connectivity index (χ0v) is 15.2. The minimum absolute atomic E-state index is 0. The first kappa shape index (κ1) is 22.4. The average Bonchev–Trinajstić information content (AvgIpc) is 2.57. The molecule has 0 saturated heterocycles. The smallest absolute Gasteiger partial charge is 0.0633 e. The maximum atomic E-state index is 9.20. The third kappa shape index (κ3) is 9.31. The Labute approximate surface area is 147 Å². The van der Waals surface area contributed by atoms with Crippen LogP contribution in [-0.2, 0) is 12.8 Å². The van der Waals surface area contributed by atoms with Crippen LogP contribution in [-0.4, -0.2) is 29.0 Å². The van der Waals surface area contributed by atoms with Crippen molar-refractivity contribution in [2.24, 2.45) is 5.73 Å². The molecule has 0 aliphatic heterocycles. The fraction of sp³-hybridized carbons (Fsp3) is 0.684. The van der Waals surface area contributed by atoms with Crippen molar-refractivity contribution in [2.75, 3.05) is 13.2 Å². The van der Waals surface area contributed by atoms with E-state index < -0.39 is 5.54 Å². The summed E-state index contributed by atoms with van der Waals surface area (Å²) in [5.74, 6) is 0. The van der Waals surface area contributed by atoms with Crippen molar-refractivity contribution in [1.29, 1.82) is 0 Å². The first-order valence-electron chi connectivity index (χ1n) is 8.72. The van der Waals surface area contributed by atoms with Gasteiger partial charge in [0.1, 0.15) is 0 Å². The SMILES string of the molecule is CCCCCCCCc1ccc(CCC(N)(CO)CO)cc1.[Cl-]. The van der Waals surface area contributed by atoms with E-state index in [1.807, 2.05) is 0 Å². The van der Waals surface area contributed by atoms with Gasteiger partial charge in [0.2, 0.25) is 0 Å². The molecule has 1 rings (SSSR count). The van der Waals surface area contributed by atoms with E-state index in [0.717, 1.165) is 12.8 Å². The average molecular weight is 343 g/mol. The first-order valence-corrected chi connectivity index (χ1v) is 8.72. The second-order valence-electron chi connectivity index (χ2n) is 6.51. The van der Waals surface area contributed by atoms with Gasteiger partial charge in [-0.2, -0.15) is 0 Å². The maximum Gasteiger partial charge on any atom is 0.0633 e. The third-order valence-corrected chi connectivity index (χ3v) is 4.38. The van der Waals surface area contributed by atoms with Crippen LogP contribution in [0, 0.1) is 0 Å². The molecule has 3 nitrogen and oxygen atoms in total. The molecule has 0 spiro atoms. The van der Waals surface area contributed by atoms with Gasteiger partial charge in [0.25, 0.3) is 0 Å². The lowest BCUT2D eigenvalue weighted by Crippen LogP contribution is -3.00. The second-order valence-corrected chi connectivity index (χ2v) is 6.51. The van der Waals surface area contributed by atoms with Crippen LogP contribution >= 0.6 is 0 Å². The Balaban J connectivity index is 0.00000484. The summed E-state index contributed by atoms with van der Waals surface area (Å²) in [6.07, 6.45) is 10.5. The van der Waals surface area contributed by atoms with E-state index in [0.29, 0.717) is 6.42 Å². The molecule has 0 aromatic heterocycles. The molecule has 0 fully saturated rings. The van der Waals surface area contributed by atoms with Gasteiger partial charge in [-0.15, -0.1) is 0 Å². The van der Waals surface area contributed by atoms with Crippen molar-refractivity contribution in [3.05, 3.63) is 35.4 Å². The molecule has 0 atom stereocenters. The number of hydrogen-bond donors (Lipinski definition) is 3. The fourth-order valence-electron chi connectivity index (χ4n) is 2.58. The number of halogens is 1. The van der Waals surface area contributed by atoms with E-state index in [9.17, 15) is 10.2 Å². The number of nitrogens with two attached hydrogens (primary N) is 1. The summed E-state index contributed by atoms with van der Waals surface area (Å²) in [5.41, 5.74) is 7.63. The van der Waals surface area contributed by atoms with Crippen molar-refractivity contribution in [2.45, 2.75) is 70.3 Å². The summed E-state index contributed by atoms with van der Waals surface area (Å²) in [4.78, 5) is 0. The van der Waals surface area contributed by atoms with Crippen molar-refractivity contribution in [1.82, 2.24) is 0 Å². The number of rotatable bonds is 12. The maximum absolute atomic E-state index is 9.20. The predicted octanol–water partition coefficient (Wildman–Crippen LogP) is 0.208. The fourth-order valence-corrected chi connectivity index (χ4v) is 2.58. The molecule has 23 heavy (non-hydrogen) atoms. The number of unbranched alkanes of at least 4 members (excludes halogenated alkanes) is 5. The summed E-state index contributed by atoms with van der Waals surface area (Å²) >= 11 is 0. The van der Waals surface area contributed by atoms with Crippen LogP contribution in [0.2, 0.25) is 0 Å². The molecule has 4 heteroatoms. The van der Waals surface area contributed by atoms with Crippen LogP contribution in [0.3, 0.4) is 0 Å². The Bertz CT molecular complexity index is 391. The van der Waals surface area contributed by atoms with Gasteiger partial charge in [-0.1, -0.05) is 63.3 Å². The zero-order chi connectivity index (χ0) is 16.3. The number of aliphatic hydroxyl groups is 2. The molecule has 0 heterocycles. The summed E-state index contributed by atoms with van der Waals surface area (Å²) in [6.45, 7) is 1.89. The Hall–Kier alpha value is -0.610. The highest BCUT2D eigenvalue weighted by Gasteiger charge is 2.22. The lowest BCUT2D eigenvalue weighted by molar-refractivity contribution is -0.00000697. The lowest BCUT2D eigenvalue weighted by atomic mass is 9.93. The van der Waals surface area contributed by atoms with E-state index >= 15 is 0 Å². The molecule has 0 saturated carbocycles. The lowest BCUT2D eigenvalue weighted by Gasteiger charge is -2.24. The van der Waals surface area contributed by atoms with Gasteiger partial charge in [-0.25, -0.2) is 0 Å². The molecule has 1 aromatic carbocycles. The molecule has 1 aromatic rings. The van der Waals surface area contributed by atoms with E-state index in [-0.39, 0.29) is 25.6 Å². The van der Waals surface area contributed by atoms with Gasteiger partial charge in [0, 0.05) is 0 Å². The molecular weight excluding hydrogens is 310 g/mol. The summed E-state index contributed by atoms with van der Waals surface area (Å²) in [5, 5.41) is 18.4. The number of aliphatic hydroxyl groups excluding tert-OH is 2. The third-order valence-electron chi connectivity index (χ3n) is 4.38. The number of aryl methyl sites for hydroxylation is 2. The van der Waals surface area contributed by atoms with Gasteiger partial charge >= 0.3 is 0 Å². The molecule has 0 unspecified atom stereocenters. The number of benzene rings is 1. The second kappa shape index (κ2) is 12.8. The van der Waals surface area contributed by atoms with Crippen LogP contribution in [0.1, 0.15) is 63.0 Å². The van der Waals surface area contributed by atoms with E-state index in [2.05, 4.69) is 31.2 Å². The van der Waals surface area contributed by atoms with Gasteiger partial charge in [-0.3, -0.25) is 0 Å². The normalized spacial score (nSPS) is 11.3. The van der Waals surface area contributed by atoms with E-state index in [1.165, 1.54) is 49.7 Å². The minimum atomic E-state index is -0.864. The van der Waals surface area contributed by atoms with Gasteiger partial charge < -0.3 is 28.4 Å². The quantitative estimate of drug-likeness (QED) is 0.476. The van der Waals surface area contributed by atoms with Gasteiger partial charge in [0.05, 0.1) is 18.8 Å². The molecule has 134 valence electrons. The van der Waals surface area contributed by atoms with Crippen molar-refractivity contribution < 1.29 is 22.6 Å². The summed E-state index contributed by atoms with van der Waals surface area (Å²) in [7, 11) is 0. The highest BCUT2D eigenvalue weighted by Crippen LogP contribution is 2.14. The summed E-state index contributed by atoms with van der Waals surface area (Å²) < 4.78 is 0. The topological polar surface area (TPSA) is 66.5 Å². The van der Waals surface area contributed by atoms with Gasteiger partial charge in [-0.05, 0) is 36.8 Å². The minimum Gasteiger partial charge on any atom is -1.00 e. The standard InChI is InChI=1S/C19H33NO2.ClH/c1-2-3-4-5-6-7-8-17-9-11-18(12-10-17)13-14-19(20,15-21)16-22;/h9-12,21-22H,2-8,13-16,20H2,1H3;1H/p-1. The van der Waals surface area contributed by atoms with Crippen molar-refractivity contribution in [3.8, 4) is 0 Å². The predicted molar refractivity (Wildman–Crippen MR) is 92.9 cm³/mol. The highest BCUT2D eigenvalue weighted by atomic mass is 35.5. The molecule has 0 amide bonds. The first-order chi connectivity index (χ1) is 10.6. The van der Waals surface area contributed by atoms with Crippen molar-refractivity contribution in [3.63, 3.8) is 0 Å². The van der Waals surface area contributed by atoms with E-state index in [4.69, 9.17) is 5.73 Å². The Morgan fingerprint density at radius 1 is 0.826 bits per heavy atom. The monoisotopic (exact) mass is 342 g/mol. The van der Waals surface area contributed by atoms with Crippen LogP contribution < -0.4 is 18.1 Å². The molecular formula is C19H33ClNO2-. The van der Waals surface area contributed by atoms with Crippen molar-refractivity contribution >= 4 is 0 Å². The molecule has 4 N–H and O–H groups in total. The molecule has 0 aliphatic rings. The molecule has 0 bridgehead atoms. The zero-order valence-electron chi connectivity index (χ0n) is 14.4. The molecule has 0 radical (unpaired) electrons. The Morgan fingerprint density at radius 3 is 1.83 bits per heavy atom. The van der Waals surface area contributed by atoms with Crippen LogP contribution in [0.25, 0.3) is 0 Å². The molecule has 0 aliphatic carbocycles. The van der Waals surface area contributed by atoms with Crippen LogP contribution in [0.15, 0.2) is 24.3 Å². The largest absolute Gasteiger partial charge is 1.00 e. The number of hydrogen-bond acceptors (Lipinski definition) is 3. The Kier molecular flexibility index (Phi) is 12.4. The van der Waals surface area contributed by atoms with E-state index in [1.54, 1.807) is 0 Å². The Morgan fingerprint density at radius 2 is 1.30 bits per heavy atom. The van der Waals surface area contributed by atoms with Crippen LogP contribution in [0.4, 0.5) is 0 Å².